The zero-order valence-electron chi connectivity index (χ0n) is 12.5. The number of likely N-dealkylation sites (N-methyl/N-ethyl adjacent to an activating group) is 1. The average Bonchev–Trinajstić information content (AvgIpc) is 2.51. The second-order valence-electron chi connectivity index (χ2n) is 4.85. The van der Waals surface area contributed by atoms with E-state index in [-0.39, 0.29) is 40.4 Å². The van der Waals surface area contributed by atoms with Crippen molar-refractivity contribution >= 4 is 39.0 Å². The molecule has 1 aromatic heterocycles. The molecule has 2 N–H and O–H groups in total. The van der Waals surface area contributed by atoms with Crippen LogP contribution in [0.15, 0.2) is 35.4 Å². The minimum absolute atomic E-state index is 0. The van der Waals surface area contributed by atoms with Crippen LogP contribution in [0.3, 0.4) is 0 Å². The molecule has 126 valence electrons. The van der Waals surface area contributed by atoms with E-state index in [0.717, 1.165) is 4.31 Å². The predicted octanol–water partition coefficient (Wildman–Crippen LogP) is 1.53. The Morgan fingerprint density at radius 2 is 2.04 bits per heavy atom. The number of pyridine rings is 1. The van der Waals surface area contributed by atoms with Gasteiger partial charge in [-0.15, -0.1) is 12.4 Å². The smallest absolute Gasteiger partial charge is 0.278 e. The number of nitrogens with zero attached hydrogens (tertiary/aromatic N) is 3. The molecule has 0 saturated heterocycles. The van der Waals surface area contributed by atoms with Crippen LogP contribution in [0.1, 0.15) is 6.92 Å². The molecule has 0 radical (unpaired) electrons. The topological polar surface area (TPSA) is 119 Å². The number of halogens is 1. The second-order valence-corrected chi connectivity index (χ2v) is 6.81. The van der Waals surface area contributed by atoms with Crippen molar-refractivity contribution in [2.24, 2.45) is 5.73 Å². The van der Waals surface area contributed by atoms with Crippen molar-refractivity contribution in [1.82, 2.24) is 9.29 Å². The van der Waals surface area contributed by atoms with Gasteiger partial charge in [-0.25, -0.2) is 8.42 Å². The van der Waals surface area contributed by atoms with Gasteiger partial charge in [-0.05, 0) is 25.1 Å². The molecule has 0 amide bonds. The molecular formula is C13H17ClN4O4S. The summed E-state index contributed by atoms with van der Waals surface area (Å²) in [5.74, 6) is 0. The monoisotopic (exact) mass is 360 g/mol. The molecule has 2 rings (SSSR count). The van der Waals surface area contributed by atoms with Crippen molar-refractivity contribution in [3.63, 3.8) is 0 Å². The first-order valence-electron chi connectivity index (χ1n) is 6.51. The van der Waals surface area contributed by atoms with E-state index in [1.54, 1.807) is 6.92 Å². The molecule has 0 aliphatic rings. The Morgan fingerprint density at radius 3 is 2.61 bits per heavy atom. The molecule has 0 saturated carbocycles. The maximum atomic E-state index is 12.7. The van der Waals surface area contributed by atoms with E-state index < -0.39 is 21.0 Å². The van der Waals surface area contributed by atoms with Gasteiger partial charge >= 0.3 is 0 Å². The number of hydrogen-bond donors (Lipinski definition) is 1. The van der Waals surface area contributed by atoms with Crippen LogP contribution in [-0.2, 0) is 10.0 Å². The standard InChI is InChI=1S/C13H16N4O4S.ClH/c1-9(8-14)16(2)22(20,21)12-6-5-11(17(18)19)10-4-3-7-15-13(10)12;/h3-7,9H,8,14H2,1-2H3;1H. The van der Waals surface area contributed by atoms with Gasteiger partial charge in [0.25, 0.3) is 5.69 Å². The third-order valence-corrected chi connectivity index (χ3v) is 5.53. The first-order valence-corrected chi connectivity index (χ1v) is 7.95. The highest BCUT2D eigenvalue weighted by Gasteiger charge is 2.29. The third-order valence-electron chi connectivity index (χ3n) is 3.53. The van der Waals surface area contributed by atoms with Crippen LogP contribution in [0, 0.1) is 10.1 Å². The Morgan fingerprint density at radius 1 is 1.39 bits per heavy atom. The molecule has 0 aliphatic heterocycles. The molecule has 10 heteroatoms. The summed E-state index contributed by atoms with van der Waals surface area (Å²) in [6, 6.07) is 4.99. The lowest BCUT2D eigenvalue weighted by atomic mass is 10.2. The maximum absolute atomic E-state index is 12.7. The summed E-state index contributed by atoms with van der Waals surface area (Å²) >= 11 is 0. The lowest BCUT2D eigenvalue weighted by Crippen LogP contribution is -2.39. The number of nitro benzene ring substituents is 1. The van der Waals surface area contributed by atoms with Gasteiger partial charge in [0.1, 0.15) is 4.90 Å². The number of benzene rings is 1. The Hall–Kier alpha value is -1.81. The number of rotatable bonds is 5. The fourth-order valence-electron chi connectivity index (χ4n) is 2.04. The predicted molar refractivity (Wildman–Crippen MR) is 89.1 cm³/mol. The highest BCUT2D eigenvalue weighted by atomic mass is 35.5. The molecule has 1 heterocycles. The molecule has 1 unspecified atom stereocenters. The van der Waals surface area contributed by atoms with E-state index in [2.05, 4.69) is 4.98 Å². The number of nitrogens with two attached hydrogens (primary N) is 1. The van der Waals surface area contributed by atoms with Gasteiger partial charge < -0.3 is 5.73 Å². The van der Waals surface area contributed by atoms with Gasteiger partial charge in [-0.3, -0.25) is 15.1 Å². The third kappa shape index (κ3) is 3.42. The Kier molecular flexibility index (Phi) is 6.00. The fraction of sp³-hybridized carbons (Fsp3) is 0.308. The quantitative estimate of drug-likeness (QED) is 0.637. The summed E-state index contributed by atoms with van der Waals surface area (Å²) in [6.07, 6.45) is 1.40. The number of nitro groups is 1. The molecule has 0 fully saturated rings. The van der Waals surface area contributed by atoms with Crippen LogP contribution in [0.5, 0.6) is 0 Å². The second kappa shape index (κ2) is 7.18. The van der Waals surface area contributed by atoms with Crippen LogP contribution in [0.4, 0.5) is 5.69 Å². The Labute approximate surface area is 139 Å². The van der Waals surface area contributed by atoms with Gasteiger partial charge in [0.05, 0.1) is 15.8 Å². The summed E-state index contributed by atoms with van der Waals surface area (Å²) in [5.41, 5.74) is 5.41. The van der Waals surface area contributed by atoms with Crippen LogP contribution in [0.2, 0.25) is 0 Å². The van der Waals surface area contributed by atoms with Crippen molar-refractivity contribution in [1.29, 1.82) is 0 Å². The first kappa shape index (κ1) is 19.2. The fourth-order valence-corrected chi connectivity index (χ4v) is 3.56. The average molecular weight is 361 g/mol. The molecule has 2 aromatic rings. The molecular weight excluding hydrogens is 344 g/mol. The van der Waals surface area contributed by atoms with E-state index in [9.17, 15) is 18.5 Å². The van der Waals surface area contributed by atoms with Crippen molar-refractivity contribution in [3.05, 3.63) is 40.6 Å². The number of hydrogen-bond acceptors (Lipinski definition) is 6. The molecule has 0 aliphatic carbocycles. The number of fused-ring (bicyclic) bond motifs is 1. The first-order chi connectivity index (χ1) is 10.3. The lowest BCUT2D eigenvalue weighted by Gasteiger charge is -2.23. The number of aromatic nitrogens is 1. The largest absolute Gasteiger partial charge is 0.329 e. The Bertz CT molecular complexity index is 828. The summed E-state index contributed by atoms with van der Waals surface area (Å²) in [4.78, 5) is 14.4. The molecule has 0 bridgehead atoms. The van der Waals surface area contributed by atoms with Crippen molar-refractivity contribution in [2.45, 2.75) is 17.9 Å². The van der Waals surface area contributed by atoms with Gasteiger partial charge in [0, 0.05) is 31.9 Å². The Balaban J connectivity index is 0.00000264. The van der Waals surface area contributed by atoms with E-state index in [4.69, 9.17) is 5.73 Å². The summed E-state index contributed by atoms with van der Waals surface area (Å²) < 4.78 is 26.5. The van der Waals surface area contributed by atoms with E-state index in [1.807, 2.05) is 0 Å². The summed E-state index contributed by atoms with van der Waals surface area (Å²) in [6.45, 7) is 1.84. The SMILES string of the molecule is CC(CN)N(C)S(=O)(=O)c1ccc([N+](=O)[O-])c2cccnc12.Cl. The van der Waals surface area contributed by atoms with E-state index in [0.29, 0.717) is 0 Å². The molecule has 1 atom stereocenters. The lowest BCUT2D eigenvalue weighted by molar-refractivity contribution is -0.383. The zero-order chi connectivity index (χ0) is 16.5. The number of non-ortho nitro benzene ring substituents is 1. The van der Waals surface area contributed by atoms with Crippen molar-refractivity contribution < 1.29 is 13.3 Å². The summed E-state index contributed by atoms with van der Waals surface area (Å²) in [7, 11) is -2.43. The van der Waals surface area contributed by atoms with E-state index in [1.165, 1.54) is 37.5 Å². The highest BCUT2D eigenvalue weighted by molar-refractivity contribution is 7.89. The van der Waals surface area contributed by atoms with Crippen molar-refractivity contribution in [3.8, 4) is 0 Å². The normalized spacial score (nSPS) is 12.9. The van der Waals surface area contributed by atoms with Crippen LogP contribution >= 0.6 is 12.4 Å². The van der Waals surface area contributed by atoms with Crippen LogP contribution in [-0.4, -0.2) is 42.3 Å². The maximum Gasteiger partial charge on any atom is 0.278 e. The van der Waals surface area contributed by atoms with Gasteiger partial charge in [-0.1, -0.05) is 0 Å². The highest BCUT2D eigenvalue weighted by Crippen LogP contribution is 2.30. The zero-order valence-corrected chi connectivity index (χ0v) is 14.2. The number of sulfonamides is 1. The van der Waals surface area contributed by atoms with Crippen molar-refractivity contribution in [2.75, 3.05) is 13.6 Å². The summed E-state index contributed by atoms with van der Waals surface area (Å²) in [5, 5.41) is 11.2. The van der Waals surface area contributed by atoms with Crippen LogP contribution < -0.4 is 5.73 Å². The molecule has 1 aromatic carbocycles. The van der Waals surface area contributed by atoms with Gasteiger partial charge in [0.2, 0.25) is 10.0 Å². The minimum Gasteiger partial charge on any atom is -0.329 e. The van der Waals surface area contributed by atoms with E-state index >= 15 is 0 Å². The molecule has 0 spiro atoms. The molecule has 23 heavy (non-hydrogen) atoms. The van der Waals surface area contributed by atoms with Gasteiger partial charge in [0.15, 0.2) is 0 Å². The minimum atomic E-state index is -3.85. The molecule has 8 nitrogen and oxygen atoms in total. The van der Waals surface area contributed by atoms with Crippen LogP contribution in [0.25, 0.3) is 10.9 Å². The van der Waals surface area contributed by atoms with Gasteiger partial charge in [-0.2, -0.15) is 4.31 Å².